The highest BCUT2D eigenvalue weighted by molar-refractivity contribution is 5.35. The summed E-state index contributed by atoms with van der Waals surface area (Å²) in [6, 6.07) is 3.99. The number of ether oxygens (including phenoxy) is 1. The summed E-state index contributed by atoms with van der Waals surface area (Å²) in [6.07, 6.45) is -0.822. The smallest absolute Gasteiger partial charge is 0.229 e. The molecule has 0 spiro atoms. The third-order valence-corrected chi connectivity index (χ3v) is 2.76. The topological polar surface area (TPSA) is 68.4 Å². The fourth-order valence-electron chi connectivity index (χ4n) is 1.68. The van der Waals surface area contributed by atoms with Gasteiger partial charge in [-0.2, -0.15) is 4.98 Å². The Hall–Kier alpha value is -1.95. The quantitative estimate of drug-likeness (QED) is 0.912. The van der Waals surface area contributed by atoms with Crippen LogP contribution in [-0.2, 0) is 6.61 Å². The molecule has 0 bridgehead atoms. The molecule has 1 aromatic heterocycles. The first-order chi connectivity index (χ1) is 9.47. The number of aliphatic hydroxyl groups is 1. The van der Waals surface area contributed by atoms with Crippen molar-refractivity contribution < 1.29 is 18.8 Å². The summed E-state index contributed by atoms with van der Waals surface area (Å²) in [6.45, 7) is 5.54. The Morgan fingerprint density at radius 1 is 1.35 bits per heavy atom. The van der Waals surface area contributed by atoms with Crippen molar-refractivity contribution in [1.29, 1.82) is 0 Å². The first kappa shape index (κ1) is 14.5. The summed E-state index contributed by atoms with van der Waals surface area (Å²) in [4.78, 5) is 4.18. The average molecular weight is 280 g/mol. The largest absolute Gasteiger partial charge is 0.485 e. The van der Waals surface area contributed by atoms with Gasteiger partial charge in [-0.05, 0) is 25.1 Å². The number of aliphatic hydroxyl groups excluding tert-OH is 1. The molecular weight excluding hydrogens is 263 g/mol. The highest BCUT2D eigenvalue weighted by atomic mass is 19.1. The fourth-order valence-corrected chi connectivity index (χ4v) is 1.68. The molecule has 2 aromatic rings. The Morgan fingerprint density at radius 2 is 2.10 bits per heavy atom. The molecule has 108 valence electrons. The molecule has 1 N–H and O–H groups in total. The first-order valence-corrected chi connectivity index (χ1v) is 6.40. The van der Waals surface area contributed by atoms with Crippen LogP contribution in [0, 0.1) is 5.82 Å². The second-order valence-corrected chi connectivity index (χ2v) is 4.85. The van der Waals surface area contributed by atoms with E-state index in [0.717, 1.165) is 0 Å². The number of benzene rings is 1. The molecule has 0 aliphatic heterocycles. The van der Waals surface area contributed by atoms with Gasteiger partial charge in [0.15, 0.2) is 6.61 Å². The minimum absolute atomic E-state index is 0.0988. The molecule has 0 fully saturated rings. The maximum atomic E-state index is 13.2. The van der Waals surface area contributed by atoms with E-state index >= 15 is 0 Å². The monoisotopic (exact) mass is 280 g/mol. The Morgan fingerprint density at radius 3 is 2.70 bits per heavy atom. The molecule has 1 unspecified atom stereocenters. The Labute approximate surface area is 116 Å². The molecule has 2 rings (SSSR count). The van der Waals surface area contributed by atoms with E-state index in [4.69, 9.17) is 9.26 Å². The molecule has 0 saturated heterocycles. The Balaban J connectivity index is 2.10. The summed E-state index contributed by atoms with van der Waals surface area (Å²) >= 11 is 0. The van der Waals surface area contributed by atoms with E-state index < -0.39 is 11.9 Å². The van der Waals surface area contributed by atoms with Gasteiger partial charge in [0.25, 0.3) is 0 Å². The number of rotatable bonds is 5. The number of hydrogen-bond acceptors (Lipinski definition) is 5. The van der Waals surface area contributed by atoms with Crippen molar-refractivity contribution in [3.63, 3.8) is 0 Å². The normalized spacial score (nSPS) is 12.7. The minimum atomic E-state index is -0.822. The predicted octanol–water partition coefficient (Wildman–Crippen LogP) is 2.96. The number of hydrogen-bond donors (Lipinski definition) is 1. The van der Waals surface area contributed by atoms with Gasteiger partial charge in [-0.1, -0.05) is 19.0 Å². The van der Waals surface area contributed by atoms with Crippen LogP contribution in [0.2, 0.25) is 0 Å². The molecule has 0 aliphatic carbocycles. The zero-order valence-corrected chi connectivity index (χ0v) is 11.6. The number of aromatic nitrogens is 2. The minimum Gasteiger partial charge on any atom is -0.485 e. The third-order valence-electron chi connectivity index (χ3n) is 2.76. The second kappa shape index (κ2) is 6.00. The van der Waals surface area contributed by atoms with Gasteiger partial charge in [0, 0.05) is 11.5 Å². The molecule has 1 aromatic carbocycles. The van der Waals surface area contributed by atoms with E-state index in [-0.39, 0.29) is 12.5 Å². The molecule has 5 nitrogen and oxygen atoms in total. The van der Waals surface area contributed by atoms with Gasteiger partial charge in [-0.3, -0.25) is 0 Å². The molecule has 0 saturated carbocycles. The van der Waals surface area contributed by atoms with Crippen LogP contribution >= 0.6 is 0 Å². The summed E-state index contributed by atoms with van der Waals surface area (Å²) < 4.78 is 23.7. The van der Waals surface area contributed by atoms with Gasteiger partial charge in [0.2, 0.25) is 11.7 Å². The summed E-state index contributed by atoms with van der Waals surface area (Å²) in [7, 11) is 0. The van der Waals surface area contributed by atoms with Crippen LogP contribution in [0.15, 0.2) is 22.7 Å². The third kappa shape index (κ3) is 3.33. The molecular formula is C14H17FN2O3. The van der Waals surface area contributed by atoms with Crippen LogP contribution in [-0.4, -0.2) is 15.2 Å². The van der Waals surface area contributed by atoms with Gasteiger partial charge >= 0.3 is 0 Å². The van der Waals surface area contributed by atoms with E-state index in [2.05, 4.69) is 10.1 Å². The molecule has 1 heterocycles. The van der Waals surface area contributed by atoms with Gasteiger partial charge in [0.1, 0.15) is 11.6 Å². The van der Waals surface area contributed by atoms with Crippen LogP contribution in [0.5, 0.6) is 5.75 Å². The number of nitrogens with zero attached hydrogens (tertiary/aromatic N) is 2. The second-order valence-electron chi connectivity index (χ2n) is 4.85. The van der Waals surface area contributed by atoms with E-state index in [9.17, 15) is 9.50 Å². The van der Waals surface area contributed by atoms with Crippen molar-refractivity contribution >= 4 is 0 Å². The first-order valence-electron chi connectivity index (χ1n) is 6.40. The molecule has 0 amide bonds. The lowest BCUT2D eigenvalue weighted by Gasteiger charge is -2.12. The van der Waals surface area contributed by atoms with Gasteiger partial charge in [-0.15, -0.1) is 0 Å². The zero-order valence-electron chi connectivity index (χ0n) is 11.6. The Kier molecular flexibility index (Phi) is 4.34. The molecule has 0 aliphatic rings. The van der Waals surface area contributed by atoms with Crippen molar-refractivity contribution in [2.24, 2.45) is 0 Å². The number of halogens is 1. The van der Waals surface area contributed by atoms with Crippen LogP contribution in [0.25, 0.3) is 0 Å². The zero-order chi connectivity index (χ0) is 14.7. The van der Waals surface area contributed by atoms with E-state index in [1.54, 1.807) is 6.92 Å². The van der Waals surface area contributed by atoms with Gasteiger partial charge in [0.05, 0.1) is 6.10 Å². The van der Waals surface area contributed by atoms with Crippen LogP contribution in [0.1, 0.15) is 50.1 Å². The standard InChI is InChI=1S/C14H17FN2O3/c1-8(2)14-16-13(17-20-14)7-19-12-5-4-10(15)6-11(12)9(3)18/h4-6,8-9,18H,7H2,1-3H3. The summed E-state index contributed by atoms with van der Waals surface area (Å²) in [5, 5.41) is 13.4. The fraction of sp³-hybridized carbons (Fsp3) is 0.429. The van der Waals surface area contributed by atoms with E-state index in [1.807, 2.05) is 13.8 Å². The van der Waals surface area contributed by atoms with E-state index in [0.29, 0.717) is 23.0 Å². The molecule has 0 radical (unpaired) electrons. The van der Waals surface area contributed by atoms with Crippen molar-refractivity contribution in [1.82, 2.24) is 10.1 Å². The van der Waals surface area contributed by atoms with Crippen molar-refractivity contribution in [3.8, 4) is 5.75 Å². The van der Waals surface area contributed by atoms with E-state index in [1.165, 1.54) is 18.2 Å². The highest BCUT2D eigenvalue weighted by Gasteiger charge is 2.13. The maximum Gasteiger partial charge on any atom is 0.229 e. The molecule has 6 heteroatoms. The van der Waals surface area contributed by atoms with Crippen molar-refractivity contribution in [3.05, 3.63) is 41.3 Å². The van der Waals surface area contributed by atoms with Crippen LogP contribution < -0.4 is 4.74 Å². The van der Waals surface area contributed by atoms with Crippen LogP contribution in [0.4, 0.5) is 4.39 Å². The van der Waals surface area contributed by atoms with Crippen molar-refractivity contribution in [2.75, 3.05) is 0 Å². The predicted molar refractivity (Wildman–Crippen MR) is 69.8 cm³/mol. The maximum absolute atomic E-state index is 13.2. The SMILES string of the molecule is CC(C)c1nc(COc2ccc(F)cc2C(C)O)no1. The Bertz CT molecular complexity index is 582. The summed E-state index contributed by atoms with van der Waals surface area (Å²) in [5.41, 5.74) is 0.387. The lowest BCUT2D eigenvalue weighted by Crippen LogP contribution is -2.03. The van der Waals surface area contributed by atoms with Gasteiger partial charge in [-0.25, -0.2) is 4.39 Å². The lowest BCUT2D eigenvalue weighted by molar-refractivity contribution is 0.188. The average Bonchev–Trinajstić information content (AvgIpc) is 2.86. The summed E-state index contributed by atoms with van der Waals surface area (Å²) in [5.74, 6) is 1.08. The van der Waals surface area contributed by atoms with Crippen LogP contribution in [0.3, 0.4) is 0 Å². The highest BCUT2D eigenvalue weighted by Crippen LogP contribution is 2.26. The lowest BCUT2D eigenvalue weighted by atomic mass is 10.1. The molecule has 20 heavy (non-hydrogen) atoms. The molecule has 1 atom stereocenters. The van der Waals surface area contributed by atoms with Crippen molar-refractivity contribution in [2.45, 2.75) is 39.4 Å². The van der Waals surface area contributed by atoms with Gasteiger partial charge < -0.3 is 14.4 Å².